The molecule has 2 nitrogen and oxygen atoms in total. The van der Waals surface area contributed by atoms with Crippen LogP contribution in [-0.2, 0) is 0 Å². The Morgan fingerprint density at radius 2 is 1.36 bits per heavy atom. The first-order chi connectivity index (χ1) is 4.89. The van der Waals surface area contributed by atoms with Crippen LogP contribution in [0.15, 0.2) is 0 Å². The Hall–Kier alpha value is 0.920. The van der Waals surface area contributed by atoms with Gasteiger partial charge < -0.3 is 6.42 Å². The minimum atomic E-state index is 0. The van der Waals surface area contributed by atoms with Gasteiger partial charge in [0, 0.05) is 13.1 Å². The number of nitrogens with two attached hydrogens (primary N) is 1. The molecule has 2 aliphatic rings. The zero-order valence-corrected chi connectivity index (χ0v) is 9.55. The Morgan fingerprint density at radius 3 is 1.45 bits per heavy atom. The normalized spacial score (nSPS) is 22.6. The van der Waals surface area contributed by atoms with Crippen LogP contribution in [-0.4, -0.2) is 18.1 Å². The fourth-order valence-corrected chi connectivity index (χ4v) is 0.946. The first-order valence-electron chi connectivity index (χ1n) is 4.21. The van der Waals surface area contributed by atoms with E-state index in [2.05, 4.69) is 6.42 Å². The summed E-state index contributed by atoms with van der Waals surface area (Å²) in [5.41, 5.74) is 0. The Balaban J connectivity index is 0.000000177. The van der Waals surface area contributed by atoms with E-state index in [1.54, 1.807) is 0 Å². The topological polar surface area (TPSA) is 29.3 Å². The van der Waals surface area contributed by atoms with Gasteiger partial charge in [-0.2, -0.15) is 12.8 Å². The van der Waals surface area contributed by atoms with E-state index < -0.39 is 0 Å². The predicted molar refractivity (Wildman–Crippen MR) is 43.1 cm³/mol. The maximum Gasteiger partial charge on any atom is 1.00 e. The molecule has 11 heavy (non-hydrogen) atoms. The smallest absolute Gasteiger partial charge is 0.329 e. The van der Waals surface area contributed by atoms with Crippen LogP contribution in [0.5, 0.6) is 0 Å². The second kappa shape index (κ2) is 7.56. The van der Waals surface area contributed by atoms with Crippen molar-refractivity contribution in [2.75, 3.05) is 13.1 Å². The number of hydrogen-bond donors (Lipinski definition) is 1. The van der Waals surface area contributed by atoms with Crippen molar-refractivity contribution in [1.29, 1.82) is 0 Å². The van der Waals surface area contributed by atoms with Gasteiger partial charge in [-0.15, -0.1) is 6.42 Å². The van der Waals surface area contributed by atoms with Gasteiger partial charge in [0.15, 0.2) is 0 Å². The standard InChI is InChI=1S/C4H10N2.C4H7.Na/c5-6-3-1-2-4-6;1-2-4-3-1;/h1-5H2;1H,2-4H2;/q;-1;+1. The second-order valence-electron chi connectivity index (χ2n) is 2.96. The summed E-state index contributed by atoms with van der Waals surface area (Å²) in [6.07, 6.45) is 9.08. The average Bonchev–Trinajstić information content (AvgIpc) is 2.12. The van der Waals surface area contributed by atoms with Gasteiger partial charge in [-0.1, -0.05) is 0 Å². The van der Waals surface area contributed by atoms with Crippen molar-refractivity contribution in [3.8, 4) is 0 Å². The molecular weight excluding hydrogens is 147 g/mol. The van der Waals surface area contributed by atoms with Crippen molar-refractivity contribution in [1.82, 2.24) is 5.01 Å². The van der Waals surface area contributed by atoms with Gasteiger partial charge in [0.25, 0.3) is 0 Å². The van der Waals surface area contributed by atoms with E-state index in [0.717, 1.165) is 13.1 Å². The number of hydrazine groups is 1. The van der Waals surface area contributed by atoms with Crippen LogP contribution in [0.3, 0.4) is 0 Å². The molecule has 1 aliphatic carbocycles. The fourth-order valence-electron chi connectivity index (χ4n) is 0.946. The number of nitrogens with zero attached hydrogens (tertiary/aromatic N) is 1. The third-order valence-corrected chi connectivity index (χ3v) is 1.96. The molecule has 0 amide bonds. The molecule has 0 unspecified atom stereocenters. The second-order valence-corrected chi connectivity index (χ2v) is 2.96. The SMILES string of the molecule is NN1CCCC1.[CH-]1CCC1.[Na+]. The van der Waals surface area contributed by atoms with Gasteiger partial charge in [0.05, 0.1) is 0 Å². The third-order valence-electron chi connectivity index (χ3n) is 1.96. The Morgan fingerprint density at radius 1 is 1.00 bits per heavy atom. The van der Waals surface area contributed by atoms with Gasteiger partial charge in [0.1, 0.15) is 0 Å². The van der Waals surface area contributed by atoms with Gasteiger partial charge in [0.2, 0.25) is 0 Å². The largest absolute Gasteiger partial charge is 1.00 e. The Kier molecular flexibility index (Phi) is 8.20. The zero-order chi connectivity index (χ0) is 7.23. The van der Waals surface area contributed by atoms with Gasteiger partial charge in [-0.25, -0.2) is 5.01 Å². The van der Waals surface area contributed by atoms with E-state index in [0.29, 0.717) is 0 Å². The summed E-state index contributed by atoms with van der Waals surface area (Å²) in [5.74, 6) is 5.37. The van der Waals surface area contributed by atoms with Crippen molar-refractivity contribution in [3.63, 3.8) is 0 Å². The fraction of sp³-hybridized carbons (Fsp3) is 0.875. The molecular formula is C8H17N2Na. The Labute approximate surface area is 91.8 Å². The zero-order valence-electron chi connectivity index (χ0n) is 7.55. The van der Waals surface area contributed by atoms with Crippen LogP contribution < -0.4 is 35.4 Å². The molecule has 1 heterocycles. The van der Waals surface area contributed by atoms with Crippen LogP contribution >= 0.6 is 0 Å². The van der Waals surface area contributed by atoms with Gasteiger partial charge >= 0.3 is 29.6 Å². The first kappa shape index (κ1) is 11.9. The maximum absolute atomic E-state index is 5.37. The van der Waals surface area contributed by atoms with Crippen molar-refractivity contribution >= 4 is 0 Å². The summed E-state index contributed by atoms with van der Waals surface area (Å²) < 4.78 is 0. The van der Waals surface area contributed by atoms with Crippen molar-refractivity contribution < 1.29 is 29.6 Å². The molecule has 0 aromatic heterocycles. The molecule has 1 aliphatic heterocycles. The maximum atomic E-state index is 5.37. The molecule has 2 N–H and O–H groups in total. The molecule has 2 fully saturated rings. The van der Waals surface area contributed by atoms with Gasteiger partial charge in [-0.05, 0) is 12.8 Å². The van der Waals surface area contributed by atoms with E-state index in [1.807, 2.05) is 5.01 Å². The monoisotopic (exact) mass is 164 g/mol. The minimum absolute atomic E-state index is 0. The van der Waals surface area contributed by atoms with Crippen LogP contribution in [0.1, 0.15) is 32.1 Å². The molecule has 2 rings (SSSR count). The molecule has 0 atom stereocenters. The summed E-state index contributed by atoms with van der Waals surface area (Å²) >= 11 is 0. The van der Waals surface area contributed by atoms with E-state index >= 15 is 0 Å². The number of hydrogen-bond acceptors (Lipinski definition) is 2. The van der Waals surface area contributed by atoms with Crippen molar-refractivity contribution in [2.45, 2.75) is 32.1 Å². The van der Waals surface area contributed by atoms with Crippen LogP contribution in [0.4, 0.5) is 0 Å². The molecule has 3 heteroatoms. The molecule has 0 spiro atoms. The van der Waals surface area contributed by atoms with Gasteiger partial charge in [-0.3, -0.25) is 5.84 Å². The van der Waals surface area contributed by atoms with Crippen molar-refractivity contribution in [2.24, 2.45) is 5.84 Å². The van der Waals surface area contributed by atoms with Crippen LogP contribution in [0, 0.1) is 6.42 Å². The molecule has 0 radical (unpaired) electrons. The molecule has 1 saturated carbocycles. The van der Waals surface area contributed by atoms with Crippen LogP contribution in [0.25, 0.3) is 0 Å². The molecule has 1 saturated heterocycles. The molecule has 60 valence electrons. The summed E-state index contributed by atoms with van der Waals surface area (Å²) in [6, 6.07) is 0. The third kappa shape index (κ3) is 6.12. The van der Waals surface area contributed by atoms with E-state index in [1.165, 1.54) is 32.1 Å². The van der Waals surface area contributed by atoms with E-state index in [-0.39, 0.29) is 29.6 Å². The minimum Gasteiger partial charge on any atom is -0.329 e. The molecule has 0 aromatic carbocycles. The summed E-state index contributed by atoms with van der Waals surface area (Å²) in [4.78, 5) is 0. The predicted octanol–water partition coefficient (Wildman–Crippen LogP) is -1.67. The molecule has 0 aromatic rings. The molecule has 0 bridgehead atoms. The quantitative estimate of drug-likeness (QED) is 0.264. The van der Waals surface area contributed by atoms with E-state index in [9.17, 15) is 0 Å². The summed E-state index contributed by atoms with van der Waals surface area (Å²) in [7, 11) is 0. The summed E-state index contributed by atoms with van der Waals surface area (Å²) in [5, 5.41) is 1.86. The first-order valence-corrected chi connectivity index (χ1v) is 4.21. The van der Waals surface area contributed by atoms with Crippen LogP contribution in [0.2, 0.25) is 0 Å². The Bertz CT molecular complexity index is 74.2. The number of rotatable bonds is 0. The average molecular weight is 164 g/mol. The van der Waals surface area contributed by atoms with Crippen molar-refractivity contribution in [3.05, 3.63) is 6.42 Å². The van der Waals surface area contributed by atoms with E-state index in [4.69, 9.17) is 5.84 Å². The summed E-state index contributed by atoms with van der Waals surface area (Å²) in [6.45, 7) is 2.19.